The number of nitrogens with one attached hydrogen (secondary N) is 1. The summed E-state index contributed by atoms with van der Waals surface area (Å²) < 4.78 is 0.951. The van der Waals surface area contributed by atoms with Crippen LogP contribution in [0.5, 0.6) is 0 Å². The molecule has 1 amide bonds. The van der Waals surface area contributed by atoms with Crippen LogP contribution in [0.4, 0.5) is 5.69 Å². The molecule has 1 heterocycles. The van der Waals surface area contributed by atoms with Gasteiger partial charge in [0.25, 0.3) is 5.91 Å². The fourth-order valence-electron chi connectivity index (χ4n) is 1.36. The van der Waals surface area contributed by atoms with Gasteiger partial charge in [0, 0.05) is 15.5 Å². The largest absolute Gasteiger partial charge is 0.322 e. The number of amides is 1. The highest BCUT2D eigenvalue weighted by Gasteiger charge is 2.09. The number of rotatable bonds is 2. The van der Waals surface area contributed by atoms with Crippen LogP contribution in [0.1, 0.15) is 15.9 Å². The summed E-state index contributed by atoms with van der Waals surface area (Å²) in [6.07, 6.45) is 0. The summed E-state index contributed by atoms with van der Waals surface area (Å²) in [5.74, 6) is -0.0585. The van der Waals surface area contributed by atoms with Gasteiger partial charge in [-0.25, -0.2) is 0 Å². The van der Waals surface area contributed by atoms with Crippen LogP contribution in [0.25, 0.3) is 0 Å². The van der Waals surface area contributed by atoms with Crippen LogP contribution in [-0.2, 0) is 0 Å². The fourth-order valence-corrected chi connectivity index (χ4v) is 2.59. The highest BCUT2D eigenvalue weighted by atomic mass is 79.9. The van der Waals surface area contributed by atoms with Gasteiger partial charge in [-0.2, -0.15) is 11.3 Å². The van der Waals surface area contributed by atoms with Gasteiger partial charge in [0.1, 0.15) is 0 Å². The Morgan fingerprint density at radius 2 is 2.19 bits per heavy atom. The van der Waals surface area contributed by atoms with E-state index >= 15 is 0 Å². The molecule has 0 unspecified atom stereocenters. The first kappa shape index (κ1) is 11.4. The van der Waals surface area contributed by atoms with Crippen LogP contribution in [-0.4, -0.2) is 5.91 Å². The molecular formula is C12H10BrNOS. The second kappa shape index (κ2) is 4.80. The van der Waals surface area contributed by atoms with Gasteiger partial charge in [0.05, 0.1) is 5.56 Å². The summed E-state index contributed by atoms with van der Waals surface area (Å²) in [5.41, 5.74) is 2.55. The van der Waals surface area contributed by atoms with E-state index in [1.807, 2.05) is 41.9 Å². The fraction of sp³-hybridized carbons (Fsp3) is 0.0833. The first-order valence-electron chi connectivity index (χ1n) is 4.76. The minimum atomic E-state index is -0.0585. The van der Waals surface area contributed by atoms with Crippen LogP contribution in [0, 0.1) is 6.92 Å². The van der Waals surface area contributed by atoms with Crippen molar-refractivity contribution >= 4 is 38.9 Å². The summed E-state index contributed by atoms with van der Waals surface area (Å²) in [6.45, 7) is 1.94. The SMILES string of the molecule is Cc1cscc1C(=O)Nc1cccc(Br)c1. The molecule has 2 rings (SSSR count). The van der Waals surface area contributed by atoms with E-state index in [2.05, 4.69) is 21.2 Å². The van der Waals surface area contributed by atoms with Crippen LogP contribution in [0.2, 0.25) is 0 Å². The molecule has 82 valence electrons. The van der Waals surface area contributed by atoms with Crippen molar-refractivity contribution in [3.05, 3.63) is 50.6 Å². The zero-order valence-electron chi connectivity index (χ0n) is 8.66. The normalized spacial score (nSPS) is 10.1. The molecule has 0 radical (unpaired) electrons. The molecule has 0 aliphatic heterocycles. The summed E-state index contributed by atoms with van der Waals surface area (Å²) in [5, 5.41) is 6.70. The summed E-state index contributed by atoms with van der Waals surface area (Å²) in [6, 6.07) is 7.55. The van der Waals surface area contributed by atoms with Gasteiger partial charge in [-0.3, -0.25) is 4.79 Å². The number of aryl methyl sites for hydroxylation is 1. The minimum Gasteiger partial charge on any atom is -0.322 e. The average Bonchev–Trinajstić information content (AvgIpc) is 2.64. The lowest BCUT2D eigenvalue weighted by atomic mass is 10.2. The maximum absolute atomic E-state index is 11.9. The minimum absolute atomic E-state index is 0.0585. The van der Waals surface area contributed by atoms with Gasteiger partial charge in [-0.1, -0.05) is 22.0 Å². The zero-order valence-corrected chi connectivity index (χ0v) is 11.1. The van der Waals surface area contributed by atoms with Crippen molar-refractivity contribution in [2.24, 2.45) is 0 Å². The zero-order chi connectivity index (χ0) is 11.5. The van der Waals surface area contributed by atoms with Crippen molar-refractivity contribution in [1.29, 1.82) is 0 Å². The first-order valence-corrected chi connectivity index (χ1v) is 6.50. The Hall–Kier alpha value is -1.13. The smallest absolute Gasteiger partial charge is 0.256 e. The molecule has 2 aromatic rings. The van der Waals surface area contributed by atoms with E-state index in [1.54, 1.807) is 0 Å². The predicted molar refractivity (Wildman–Crippen MR) is 71.2 cm³/mol. The maximum atomic E-state index is 11.9. The van der Waals surface area contributed by atoms with Crippen LogP contribution in [0.15, 0.2) is 39.5 Å². The molecular weight excluding hydrogens is 286 g/mol. The molecule has 4 heteroatoms. The summed E-state index contributed by atoms with van der Waals surface area (Å²) in [7, 11) is 0. The van der Waals surface area contributed by atoms with E-state index in [-0.39, 0.29) is 5.91 Å². The highest BCUT2D eigenvalue weighted by Crippen LogP contribution is 2.18. The quantitative estimate of drug-likeness (QED) is 0.889. The Labute approximate surface area is 106 Å². The topological polar surface area (TPSA) is 29.1 Å². The summed E-state index contributed by atoms with van der Waals surface area (Å²) >= 11 is 4.90. The average molecular weight is 296 g/mol. The van der Waals surface area contributed by atoms with Gasteiger partial charge < -0.3 is 5.32 Å². The van der Waals surface area contributed by atoms with E-state index in [0.29, 0.717) is 0 Å². The van der Waals surface area contributed by atoms with Crippen molar-refractivity contribution in [3.63, 3.8) is 0 Å². The third kappa shape index (κ3) is 2.51. The van der Waals surface area contributed by atoms with Gasteiger partial charge in [0.2, 0.25) is 0 Å². The monoisotopic (exact) mass is 295 g/mol. The molecule has 0 aliphatic rings. The Bertz CT molecular complexity index is 521. The molecule has 1 N–H and O–H groups in total. The maximum Gasteiger partial charge on any atom is 0.256 e. The lowest BCUT2D eigenvalue weighted by Crippen LogP contribution is -2.11. The molecule has 0 bridgehead atoms. The third-order valence-corrected chi connectivity index (χ3v) is 3.54. The Morgan fingerprint density at radius 3 is 2.81 bits per heavy atom. The van der Waals surface area contributed by atoms with E-state index in [1.165, 1.54) is 11.3 Å². The number of thiophene rings is 1. The Morgan fingerprint density at radius 1 is 1.38 bits per heavy atom. The van der Waals surface area contributed by atoms with E-state index in [0.717, 1.165) is 21.3 Å². The van der Waals surface area contributed by atoms with E-state index in [4.69, 9.17) is 0 Å². The number of hydrogen-bond donors (Lipinski definition) is 1. The molecule has 0 saturated carbocycles. The molecule has 1 aromatic heterocycles. The predicted octanol–water partition coefficient (Wildman–Crippen LogP) is 4.07. The molecule has 0 spiro atoms. The number of carbonyl (C=O) groups excluding carboxylic acids is 1. The van der Waals surface area contributed by atoms with Crippen molar-refractivity contribution in [2.75, 3.05) is 5.32 Å². The van der Waals surface area contributed by atoms with Gasteiger partial charge >= 0.3 is 0 Å². The lowest BCUT2D eigenvalue weighted by Gasteiger charge is -2.04. The van der Waals surface area contributed by atoms with Gasteiger partial charge in [0.15, 0.2) is 0 Å². The van der Waals surface area contributed by atoms with Crippen molar-refractivity contribution in [3.8, 4) is 0 Å². The van der Waals surface area contributed by atoms with Crippen molar-refractivity contribution in [1.82, 2.24) is 0 Å². The molecule has 0 fully saturated rings. The molecule has 0 saturated heterocycles. The standard InChI is InChI=1S/C12H10BrNOS/c1-8-6-16-7-11(8)12(15)14-10-4-2-3-9(13)5-10/h2-7H,1H3,(H,14,15). The first-order chi connectivity index (χ1) is 7.66. The number of anilines is 1. The number of halogens is 1. The molecule has 1 aromatic carbocycles. The van der Waals surface area contributed by atoms with Crippen LogP contribution < -0.4 is 5.32 Å². The number of carbonyl (C=O) groups is 1. The lowest BCUT2D eigenvalue weighted by molar-refractivity contribution is 0.102. The molecule has 0 atom stereocenters. The number of benzene rings is 1. The van der Waals surface area contributed by atoms with Crippen LogP contribution >= 0.6 is 27.3 Å². The Balaban J connectivity index is 2.17. The van der Waals surface area contributed by atoms with Gasteiger partial charge in [-0.05, 0) is 36.1 Å². The molecule has 0 aliphatic carbocycles. The summed E-state index contributed by atoms with van der Waals surface area (Å²) in [4.78, 5) is 11.9. The number of hydrogen-bond acceptors (Lipinski definition) is 2. The second-order valence-electron chi connectivity index (χ2n) is 3.43. The Kier molecular flexibility index (Phi) is 3.41. The third-order valence-electron chi connectivity index (χ3n) is 2.18. The molecule has 2 nitrogen and oxygen atoms in total. The van der Waals surface area contributed by atoms with E-state index in [9.17, 15) is 4.79 Å². The van der Waals surface area contributed by atoms with E-state index < -0.39 is 0 Å². The van der Waals surface area contributed by atoms with Crippen molar-refractivity contribution in [2.45, 2.75) is 6.92 Å². The van der Waals surface area contributed by atoms with Crippen molar-refractivity contribution < 1.29 is 4.79 Å². The highest BCUT2D eigenvalue weighted by molar-refractivity contribution is 9.10. The molecule has 16 heavy (non-hydrogen) atoms. The second-order valence-corrected chi connectivity index (χ2v) is 5.09. The van der Waals surface area contributed by atoms with Crippen LogP contribution in [0.3, 0.4) is 0 Å². The van der Waals surface area contributed by atoms with Gasteiger partial charge in [-0.15, -0.1) is 0 Å².